The molecule has 2 aromatic carbocycles. The van der Waals surface area contributed by atoms with Gasteiger partial charge in [0.25, 0.3) is 0 Å². The largest absolute Gasteiger partial charge is 0.508 e. The Hall–Kier alpha value is -1.96. The molecule has 2 N–H and O–H groups in total. The minimum Gasteiger partial charge on any atom is -0.508 e. The van der Waals surface area contributed by atoms with Crippen LogP contribution < -0.4 is 0 Å². The van der Waals surface area contributed by atoms with E-state index in [1.54, 1.807) is 0 Å². The molecule has 2 aromatic rings. The minimum atomic E-state index is 0.156. The SMILES string of the molecule is CCCC(CC)CC(C)(c1ccc(O)cc1)C1CCC(c2ccc(O)cc2)CC1. The Morgan fingerprint density at radius 2 is 1.41 bits per heavy atom. The van der Waals surface area contributed by atoms with Gasteiger partial charge in [0.2, 0.25) is 0 Å². The van der Waals surface area contributed by atoms with Crippen LogP contribution in [0.2, 0.25) is 0 Å². The number of hydrogen-bond acceptors (Lipinski definition) is 2. The Labute approximate surface area is 177 Å². The van der Waals surface area contributed by atoms with Gasteiger partial charge in [0.15, 0.2) is 0 Å². The topological polar surface area (TPSA) is 40.5 Å². The number of phenolic OH excluding ortho intramolecular Hbond substituents is 2. The smallest absolute Gasteiger partial charge is 0.115 e. The molecule has 2 nitrogen and oxygen atoms in total. The van der Waals surface area contributed by atoms with Crippen LogP contribution in [0.25, 0.3) is 0 Å². The van der Waals surface area contributed by atoms with E-state index in [0.717, 1.165) is 5.92 Å². The van der Waals surface area contributed by atoms with Crippen LogP contribution in [-0.2, 0) is 5.41 Å². The molecule has 158 valence electrons. The lowest BCUT2D eigenvalue weighted by Gasteiger charge is -2.44. The van der Waals surface area contributed by atoms with Crippen molar-refractivity contribution in [3.8, 4) is 11.5 Å². The van der Waals surface area contributed by atoms with E-state index in [2.05, 4.69) is 45.0 Å². The molecule has 2 unspecified atom stereocenters. The third-order valence-electron chi connectivity index (χ3n) is 7.51. The first-order valence-electron chi connectivity index (χ1n) is 11.5. The first-order chi connectivity index (χ1) is 14.0. The molecule has 2 heteroatoms. The normalized spacial score (nSPS) is 22.7. The molecule has 1 aliphatic carbocycles. The molecular weight excluding hydrogens is 356 g/mol. The maximum atomic E-state index is 9.81. The fraction of sp³-hybridized carbons (Fsp3) is 0.556. The maximum Gasteiger partial charge on any atom is 0.115 e. The first kappa shape index (κ1) is 21.7. The minimum absolute atomic E-state index is 0.156. The molecule has 1 saturated carbocycles. The molecule has 3 rings (SSSR count). The summed E-state index contributed by atoms with van der Waals surface area (Å²) in [5.41, 5.74) is 2.91. The summed E-state index contributed by atoms with van der Waals surface area (Å²) in [4.78, 5) is 0. The Kier molecular flexibility index (Phi) is 7.27. The molecule has 0 spiro atoms. The fourth-order valence-electron chi connectivity index (χ4n) is 5.63. The number of phenols is 2. The zero-order valence-electron chi connectivity index (χ0n) is 18.4. The van der Waals surface area contributed by atoms with Crippen LogP contribution in [0.15, 0.2) is 48.5 Å². The zero-order chi connectivity index (χ0) is 20.9. The zero-order valence-corrected chi connectivity index (χ0v) is 18.4. The van der Waals surface area contributed by atoms with Crippen molar-refractivity contribution in [2.45, 2.75) is 83.5 Å². The number of benzene rings is 2. The third-order valence-corrected chi connectivity index (χ3v) is 7.51. The Morgan fingerprint density at radius 1 is 0.862 bits per heavy atom. The highest BCUT2D eigenvalue weighted by Crippen LogP contribution is 2.49. The van der Waals surface area contributed by atoms with Gasteiger partial charge in [0, 0.05) is 0 Å². The van der Waals surface area contributed by atoms with Crippen LogP contribution in [0.3, 0.4) is 0 Å². The van der Waals surface area contributed by atoms with E-state index in [0.29, 0.717) is 23.3 Å². The second-order valence-electron chi connectivity index (χ2n) is 9.37. The summed E-state index contributed by atoms with van der Waals surface area (Å²) in [6, 6.07) is 15.8. The molecule has 0 saturated heterocycles. The van der Waals surface area contributed by atoms with E-state index in [1.165, 1.54) is 62.5 Å². The summed E-state index contributed by atoms with van der Waals surface area (Å²) in [6.07, 6.45) is 9.93. The molecule has 0 aromatic heterocycles. The van der Waals surface area contributed by atoms with Crippen molar-refractivity contribution in [2.75, 3.05) is 0 Å². The van der Waals surface area contributed by atoms with E-state index < -0.39 is 0 Å². The van der Waals surface area contributed by atoms with Gasteiger partial charge in [-0.25, -0.2) is 0 Å². The predicted molar refractivity (Wildman–Crippen MR) is 122 cm³/mol. The molecule has 0 aliphatic heterocycles. The summed E-state index contributed by atoms with van der Waals surface area (Å²) in [5, 5.41) is 19.4. The van der Waals surface area contributed by atoms with E-state index in [4.69, 9.17) is 0 Å². The van der Waals surface area contributed by atoms with Gasteiger partial charge >= 0.3 is 0 Å². The number of rotatable bonds is 8. The average molecular weight is 395 g/mol. The summed E-state index contributed by atoms with van der Waals surface area (Å²) >= 11 is 0. The van der Waals surface area contributed by atoms with Crippen molar-refractivity contribution in [1.82, 2.24) is 0 Å². The van der Waals surface area contributed by atoms with Crippen molar-refractivity contribution in [3.63, 3.8) is 0 Å². The number of hydrogen-bond donors (Lipinski definition) is 2. The van der Waals surface area contributed by atoms with Crippen molar-refractivity contribution in [3.05, 3.63) is 59.7 Å². The van der Waals surface area contributed by atoms with Crippen LogP contribution in [0.5, 0.6) is 11.5 Å². The second-order valence-corrected chi connectivity index (χ2v) is 9.37. The lowest BCUT2D eigenvalue weighted by Crippen LogP contribution is -2.36. The lowest BCUT2D eigenvalue weighted by atomic mass is 9.60. The van der Waals surface area contributed by atoms with Crippen LogP contribution in [0.1, 0.15) is 89.2 Å². The molecule has 0 bridgehead atoms. The summed E-state index contributed by atoms with van der Waals surface area (Å²) in [7, 11) is 0. The lowest BCUT2D eigenvalue weighted by molar-refractivity contribution is 0.165. The van der Waals surface area contributed by atoms with Crippen LogP contribution in [-0.4, -0.2) is 10.2 Å². The molecule has 29 heavy (non-hydrogen) atoms. The first-order valence-corrected chi connectivity index (χ1v) is 11.5. The summed E-state index contributed by atoms with van der Waals surface area (Å²) in [6.45, 7) is 7.10. The highest BCUT2D eigenvalue weighted by Gasteiger charge is 2.39. The van der Waals surface area contributed by atoms with Crippen molar-refractivity contribution in [1.29, 1.82) is 0 Å². The Bertz CT molecular complexity index is 741. The van der Waals surface area contributed by atoms with Crippen LogP contribution >= 0.6 is 0 Å². The molecule has 1 aliphatic rings. The van der Waals surface area contributed by atoms with Crippen molar-refractivity contribution >= 4 is 0 Å². The van der Waals surface area contributed by atoms with Gasteiger partial charge in [-0.2, -0.15) is 0 Å². The molecule has 0 amide bonds. The van der Waals surface area contributed by atoms with E-state index in [1.807, 2.05) is 24.3 Å². The van der Waals surface area contributed by atoms with Gasteiger partial charge < -0.3 is 10.2 Å². The monoisotopic (exact) mass is 394 g/mol. The quantitative estimate of drug-likeness (QED) is 0.485. The van der Waals surface area contributed by atoms with E-state index in [9.17, 15) is 10.2 Å². The van der Waals surface area contributed by atoms with Gasteiger partial charge in [-0.15, -0.1) is 0 Å². The van der Waals surface area contributed by atoms with E-state index >= 15 is 0 Å². The molecule has 0 heterocycles. The molecule has 2 atom stereocenters. The standard InChI is InChI=1S/C27H38O2/c1-4-6-20(5-2)19-27(3,24-13-17-26(29)18-14-24)23-11-7-21(8-12-23)22-9-15-25(28)16-10-22/h9-10,13-18,20-21,23,28-29H,4-8,11-12,19H2,1-3H3. The second kappa shape index (κ2) is 9.69. The van der Waals surface area contributed by atoms with Crippen LogP contribution in [0.4, 0.5) is 0 Å². The Balaban J connectivity index is 1.79. The molecular formula is C27H38O2. The van der Waals surface area contributed by atoms with Gasteiger partial charge in [0.05, 0.1) is 0 Å². The van der Waals surface area contributed by atoms with Gasteiger partial charge in [-0.3, -0.25) is 0 Å². The Morgan fingerprint density at radius 3 is 1.93 bits per heavy atom. The van der Waals surface area contributed by atoms with E-state index in [-0.39, 0.29) is 5.41 Å². The highest BCUT2D eigenvalue weighted by atomic mass is 16.3. The molecule has 1 fully saturated rings. The van der Waals surface area contributed by atoms with Crippen molar-refractivity contribution < 1.29 is 10.2 Å². The molecule has 0 radical (unpaired) electrons. The summed E-state index contributed by atoms with van der Waals surface area (Å²) < 4.78 is 0. The maximum absolute atomic E-state index is 9.81. The third kappa shape index (κ3) is 5.15. The fourth-order valence-corrected chi connectivity index (χ4v) is 5.63. The van der Waals surface area contributed by atoms with Gasteiger partial charge in [-0.05, 0) is 90.7 Å². The van der Waals surface area contributed by atoms with Crippen LogP contribution in [0, 0.1) is 11.8 Å². The highest BCUT2D eigenvalue weighted by molar-refractivity contribution is 5.33. The predicted octanol–water partition coefficient (Wildman–Crippen LogP) is 7.55. The van der Waals surface area contributed by atoms with Crippen molar-refractivity contribution in [2.24, 2.45) is 11.8 Å². The summed E-state index contributed by atoms with van der Waals surface area (Å²) in [5.74, 6) is 2.74. The van der Waals surface area contributed by atoms with Gasteiger partial charge in [0.1, 0.15) is 11.5 Å². The van der Waals surface area contributed by atoms with Gasteiger partial charge in [-0.1, -0.05) is 64.3 Å². The average Bonchev–Trinajstić information content (AvgIpc) is 2.74. The number of aromatic hydroxyl groups is 2.